The van der Waals surface area contributed by atoms with Gasteiger partial charge in [-0.15, -0.1) is 0 Å². The summed E-state index contributed by atoms with van der Waals surface area (Å²) in [4.78, 5) is 21.9. The smallest absolute Gasteiger partial charge is 0.315 e. The summed E-state index contributed by atoms with van der Waals surface area (Å²) in [6.07, 6.45) is 0.863. The standard InChI is InChI=1S/C11H10ClNO3/c12-8-2-3-9-7(5-11(15)16-9)6(8)1-4-10(13)14/h2-3H,1,4-5H2,(H2,13,14). The monoisotopic (exact) mass is 239 g/mol. The number of carbonyl (C=O) groups excluding carboxylic acids is 2. The van der Waals surface area contributed by atoms with E-state index in [-0.39, 0.29) is 24.7 Å². The zero-order valence-corrected chi connectivity index (χ0v) is 9.21. The van der Waals surface area contributed by atoms with Gasteiger partial charge in [-0.25, -0.2) is 0 Å². The number of carbonyl (C=O) groups is 2. The maximum absolute atomic E-state index is 11.1. The molecule has 0 spiro atoms. The van der Waals surface area contributed by atoms with Crippen LogP contribution in [0.25, 0.3) is 0 Å². The van der Waals surface area contributed by atoms with Crippen molar-refractivity contribution >= 4 is 23.5 Å². The van der Waals surface area contributed by atoms with Crippen LogP contribution in [0.4, 0.5) is 0 Å². The molecule has 1 aromatic rings. The molecule has 16 heavy (non-hydrogen) atoms. The number of nitrogens with two attached hydrogens (primary N) is 1. The first kappa shape index (κ1) is 11.0. The minimum absolute atomic E-state index is 0.212. The number of hydrogen-bond donors (Lipinski definition) is 1. The van der Waals surface area contributed by atoms with Crippen LogP contribution in [0.5, 0.6) is 5.75 Å². The molecule has 4 nitrogen and oxygen atoms in total. The van der Waals surface area contributed by atoms with Crippen molar-refractivity contribution in [3.05, 3.63) is 28.3 Å². The van der Waals surface area contributed by atoms with E-state index < -0.39 is 0 Å². The number of amides is 1. The van der Waals surface area contributed by atoms with E-state index in [1.807, 2.05) is 0 Å². The van der Waals surface area contributed by atoms with Crippen molar-refractivity contribution in [2.45, 2.75) is 19.3 Å². The quantitative estimate of drug-likeness (QED) is 0.637. The lowest BCUT2D eigenvalue weighted by atomic mass is 10.0. The molecule has 5 heteroatoms. The Balaban J connectivity index is 2.33. The molecule has 0 fully saturated rings. The molecule has 2 N–H and O–H groups in total. The molecule has 2 rings (SSSR count). The number of fused-ring (bicyclic) bond motifs is 1. The predicted octanol–water partition coefficient (Wildman–Crippen LogP) is 1.22. The van der Waals surface area contributed by atoms with Gasteiger partial charge < -0.3 is 10.5 Å². The van der Waals surface area contributed by atoms with Gasteiger partial charge >= 0.3 is 5.97 Å². The van der Waals surface area contributed by atoms with Crippen LogP contribution in [0.1, 0.15) is 17.5 Å². The Morgan fingerprint density at radius 3 is 2.94 bits per heavy atom. The predicted molar refractivity (Wildman–Crippen MR) is 58.3 cm³/mol. The second-order valence-corrected chi connectivity index (χ2v) is 4.03. The minimum Gasteiger partial charge on any atom is -0.426 e. The number of primary amides is 1. The van der Waals surface area contributed by atoms with Crippen molar-refractivity contribution in [2.75, 3.05) is 0 Å². The molecule has 0 aromatic heterocycles. The third-order valence-corrected chi connectivity index (χ3v) is 2.85. The summed E-state index contributed by atoms with van der Waals surface area (Å²) in [7, 11) is 0. The number of halogens is 1. The lowest BCUT2D eigenvalue weighted by Crippen LogP contribution is -2.12. The number of benzene rings is 1. The van der Waals surface area contributed by atoms with Crippen molar-refractivity contribution in [1.29, 1.82) is 0 Å². The average molecular weight is 240 g/mol. The third-order valence-electron chi connectivity index (χ3n) is 2.50. The fraction of sp³-hybridized carbons (Fsp3) is 0.273. The zero-order chi connectivity index (χ0) is 11.7. The summed E-state index contributed by atoms with van der Waals surface area (Å²) < 4.78 is 5.00. The molecular formula is C11H10ClNO3. The lowest BCUT2D eigenvalue weighted by Gasteiger charge is -2.07. The van der Waals surface area contributed by atoms with Gasteiger partial charge in [-0.1, -0.05) is 11.6 Å². The molecule has 1 amide bonds. The number of esters is 1. The summed E-state index contributed by atoms with van der Waals surface area (Å²) in [6, 6.07) is 3.33. The molecule has 84 valence electrons. The Morgan fingerprint density at radius 2 is 2.25 bits per heavy atom. The van der Waals surface area contributed by atoms with E-state index in [1.165, 1.54) is 0 Å². The molecule has 0 unspecified atom stereocenters. The summed E-state index contributed by atoms with van der Waals surface area (Å²) in [6.45, 7) is 0. The SMILES string of the molecule is NC(=O)CCc1c(Cl)ccc2c1CC(=O)O2. The van der Waals surface area contributed by atoms with Crippen molar-refractivity contribution in [3.63, 3.8) is 0 Å². The first-order valence-corrected chi connectivity index (χ1v) is 5.25. The fourth-order valence-electron chi connectivity index (χ4n) is 1.75. The summed E-state index contributed by atoms with van der Waals surface area (Å²) in [5, 5.41) is 0.540. The van der Waals surface area contributed by atoms with Crippen molar-refractivity contribution in [1.82, 2.24) is 0 Å². The first-order chi connectivity index (χ1) is 7.58. The summed E-state index contributed by atoms with van der Waals surface area (Å²) >= 11 is 6.02. The van der Waals surface area contributed by atoms with Crippen LogP contribution in [-0.2, 0) is 22.4 Å². The maximum Gasteiger partial charge on any atom is 0.315 e. The van der Waals surface area contributed by atoms with Crippen LogP contribution in [0.3, 0.4) is 0 Å². The van der Waals surface area contributed by atoms with Crippen LogP contribution in [-0.4, -0.2) is 11.9 Å². The highest BCUT2D eigenvalue weighted by Crippen LogP contribution is 2.34. The Bertz CT molecular complexity index is 471. The molecule has 0 aliphatic carbocycles. The zero-order valence-electron chi connectivity index (χ0n) is 8.46. The number of ether oxygens (including phenoxy) is 1. The van der Waals surface area contributed by atoms with Gasteiger partial charge in [0.15, 0.2) is 0 Å². The molecule has 0 saturated carbocycles. The third kappa shape index (κ3) is 2.02. The average Bonchev–Trinajstić information content (AvgIpc) is 2.57. The molecule has 1 aromatic carbocycles. The molecular weight excluding hydrogens is 230 g/mol. The van der Waals surface area contributed by atoms with Gasteiger partial charge in [0, 0.05) is 17.0 Å². The minimum atomic E-state index is -0.390. The molecule has 1 aliphatic heterocycles. The Labute approximate surface area is 97.3 Å². The van der Waals surface area contributed by atoms with E-state index in [4.69, 9.17) is 22.1 Å². The van der Waals surface area contributed by atoms with Gasteiger partial charge in [0.2, 0.25) is 5.91 Å². The van der Waals surface area contributed by atoms with Crippen molar-refractivity contribution in [2.24, 2.45) is 5.73 Å². The van der Waals surface area contributed by atoms with Gasteiger partial charge in [-0.2, -0.15) is 0 Å². The van der Waals surface area contributed by atoms with Gasteiger partial charge in [0.05, 0.1) is 6.42 Å². The van der Waals surface area contributed by atoms with Crippen LogP contribution in [0, 0.1) is 0 Å². The fourth-order valence-corrected chi connectivity index (χ4v) is 2.03. The van der Waals surface area contributed by atoms with Crippen molar-refractivity contribution < 1.29 is 14.3 Å². The molecule has 0 saturated heterocycles. The van der Waals surface area contributed by atoms with Gasteiger partial charge in [-0.3, -0.25) is 9.59 Å². The van der Waals surface area contributed by atoms with Crippen LogP contribution in [0.2, 0.25) is 5.02 Å². The second-order valence-electron chi connectivity index (χ2n) is 3.62. The van der Waals surface area contributed by atoms with E-state index in [0.29, 0.717) is 17.2 Å². The lowest BCUT2D eigenvalue weighted by molar-refractivity contribution is -0.131. The van der Waals surface area contributed by atoms with E-state index in [9.17, 15) is 9.59 Å². The van der Waals surface area contributed by atoms with E-state index in [2.05, 4.69) is 0 Å². The van der Waals surface area contributed by atoms with E-state index >= 15 is 0 Å². The van der Waals surface area contributed by atoms with Gasteiger partial charge in [-0.05, 0) is 24.1 Å². The highest BCUT2D eigenvalue weighted by Gasteiger charge is 2.24. The molecule has 0 radical (unpaired) electrons. The second kappa shape index (κ2) is 4.14. The largest absolute Gasteiger partial charge is 0.426 e. The Hall–Kier alpha value is -1.55. The van der Waals surface area contributed by atoms with Crippen molar-refractivity contribution in [3.8, 4) is 5.75 Å². The topological polar surface area (TPSA) is 69.4 Å². The molecule has 1 heterocycles. The molecule has 1 aliphatic rings. The normalized spacial score (nSPS) is 13.4. The Kier molecular flexibility index (Phi) is 2.83. The Morgan fingerprint density at radius 1 is 1.50 bits per heavy atom. The highest BCUT2D eigenvalue weighted by atomic mass is 35.5. The number of rotatable bonds is 3. The summed E-state index contributed by atoms with van der Waals surface area (Å²) in [5.74, 6) is -0.148. The highest BCUT2D eigenvalue weighted by molar-refractivity contribution is 6.31. The van der Waals surface area contributed by atoms with Gasteiger partial charge in [0.25, 0.3) is 0 Å². The van der Waals surface area contributed by atoms with E-state index in [1.54, 1.807) is 12.1 Å². The maximum atomic E-state index is 11.1. The number of hydrogen-bond acceptors (Lipinski definition) is 3. The first-order valence-electron chi connectivity index (χ1n) is 4.87. The van der Waals surface area contributed by atoms with Crippen LogP contribution >= 0.6 is 11.6 Å². The van der Waals surface area contributed by atoms with Crippen LogP contribution in [0.15, 0.2) is 12.1 Å². The van der Waals surface area contributed by atoms with E-state index in [0.717, 1.165) is 11.1 Å². The molecule has 0 bridgehead atoms. The molecule has 0 atom stereocenters. The van der Waals surface area contributed by atoms with Gasteiger partial charge in [0.1, 0.15) is 5.75 Å². The van der Waals surface area contributed by atoms with Crippen LogP contribution < -0.4 is 10.5 Å². The summed E-state index contributed by atoms with van der Waals surface area (Å²) in [5.41, 5.74) is 6.64.